The molecule has 0 saturated carbocycles. The Morgan fingerprint density at radius 3 is 1.98 bits per heavy atom. The van der Waals surface area contributed by atoms with Gasteiger partial charge in [-0.05, 0) is 36.2 Å². The Bertz CT molecular complexity index is 1230. The summed E-state index contributed by atoms with van der Waals surface area (Å²) in [7, 11) is 0. The Morgan fingerprint density at radius 2 is 1.46 bits per heavy atom. The molecule has 1 aliphatic heterocycles. The summed E-state index contributed by atoms with van der Waals surface area (Å²) < 4.78 is 65.6. The smallest absolute Gasteiger partial charge is 0.475 e. The fraction of sp³-hybridized carbons (Fsp3) is 0.375. The SMILES string of the molecule is NCCc1ccc(CN2CCn3nc(CNc4ncccn4)cc3C2)cc1.O=C(O)C(F)(F)F.O=C(O)C(F)(F)F. The van der Waals surface area contributed by atoms with Crippen LogP contribution in [0.15, 0.2) is 48.8 Å². The summed E-state index contributed by atoms with van der Waals surface area (Å²) in [6.07, 6.45) is -5.77. The van der Waals surface area contributed by atoms with Gasteiger partial charge in [0.15, 0.2) is 0 Å². The zero-order valence-electron chi connectivity index (χ0n) is 21.4. The molecule has 0 radical (unpaired) electrons. The third-order valence-corrected chi connectivity index (χ3v) is 5.27. The summed E-state index contributed by atoms with van der Waals surface area (Å²) >= 11 is 0. The molecule has 3 heterocycles. The molecule has 3 aromatic rings. The number of nitrogens with two attached hydrogens (primary N) is 1. The lowest BCUT2D eigenvalue weighted by Crippen LogP contribution is -2.33. The first-order valence-electron chi connectivity index (χ1n) is 11.9. The first kappa shape index (κ1) is 33.0. The second kappa shape index (κ2) is 14.9. The molecule has 1 aromatic carbocycles. The first-order chi connectivity index (χ1) is 19.2. The Balaban J connectivity index is 0.000000349. The number of hydrogen-bond acceptors (Lipinski definition) is 8. The quantitative estimate of drug-likeness (QED) is 0.301. The highest BCUT2D eigenvalue weighted by molar-refractivity contribution is 5.73. The van der Waals surface area contributed by atoms with Crippen molar-refractivity contribution in [2.45, 2.75) is 45.0 Å². The van der Waals surface area contributed by atoms with E-state index < -0.39 is 24.3 Å². The van der Waals surface area contributed by atoms with Gasteiger partial charge in [0.2, 0.25) is 5.95 Å². The van der Waals surface area contributed by atoms with Crippen LogP contribution in [-0.2, 0) is 42.2 Å². The molecule has 2 aromatic heterocycles. The van der Waals surface area contributed by atoms with E-state index in [1.165, 1.54) is 16.8 Å². The van der Waals surface area contributed by atoms with Gasteiger partial charge in [0, 0.05) is 32.0 Å². The number of carboxylic acid groups (broad SMARTS) is 2. The molecule has 17 heteroatoms. The molecule has 1 aliphatic rings. The summed E-state index contributed by atoms with van der Waals surface area (Å²) in [5.41, 5.74) is 10.5. The maximum Gasteiger partial charge on any atom is 0.490 e. The predicted octanol–water partition coefficient (Wildman–Crippen LogP) is 3.07. The number of nitrogens with zero attached hydrogens (tertiary/aromatic N) is 5. The maximum atomic E-state index is 10.6. The summed E-state index contributed by atoms with van der Waals surface area (Å²) in [5.74, 6) is -4.89. The number of fused-ring (bicyclic) bond motifs is 1. The molecule has 11 nitrogen and oxygen atoms in total. The van der Waals surface area contributed by atoms with Crippen LogP contribution in [0, 0.1) is 0 Å². The number of benzene rings is 1. The number of alkyl halides is 6. The molecule has 4 rings (SSSR count). The van der Waals surface area contributed by atoms with Gasteiger partial charge in [0.25, 0.3) is 0 Å². The Morgan fingerprint density at radius 1 is 0.927 bits per heavy atom. The molecule has 0 bridgehead atoms. The van der Waals surface area contributed by atoms with Crippen LogP contribution in [0.4, 0.5) is 32.3 Å². The highest BCUT2D eigenvalue weighted by atomic mass is 19.4. The monoisotopic (exact) mass is 591 g/mol. The molecule has 0 aliphatic carbocycles. The number of aliphatic carboxylic acids is 2. The molecule has 0 atom stereocenters. The fourth-order valence-corrected chi connectivity index (χ4v) is 3.40. The minimum atomic E-state index is -5.08. The zero-order chi connectivity index (χ0) is 30.6. The standard InChI is InChI=1S/C20H25N7.2C2HF3O2/c21-7-6-16-2-4-17(5-3-16)14-26-10-11-27-19(15-26)12-18(25-27)13-24-20-22-8-1-9-23-20;2*3-2(4,5)1(6)7/h1-5,8-9,12H,6-7,10-11,13-15,21H2,(H,22,23,24);2*(H,6,7). The van der Waals surface area contributed by atoms with Gasteiger partial charge in [0.05, 0.1) is 24.5 Å². The normalized spacial score (nSPS) is 13.1. The average molecular weight is 592 g/mol. The molecular formula is C24H27F6N7O4. The van der Waals surface area contributed by atoms with Gasteiger partial charge in [-0.15, -0.1) is 0 Å². The fourth-order valence-electron chi connectivity index (χ4n) is 3.40. The van der Waals surface area contributed by atoms with Gasteiger partial charge in [-0.3, -0.25) is 9.58 Å². The number of carbonyl (C=O) groups is 2. The van der Waals surface area contributed by atoms with Crippen LogP contribution in [-0.4, -0.2) is 72.2 Å². The number of halogens is 6. The van der Waals surface area contributed by atoms with Gasteiger partial charge in [-0.25, -0.2) is 19.6 Å². The minimum Gasteiger partial charge on any atom is -0.475 e. The van der Waals surface area contributed by atoms with Crippen molar-refractivity contribution in [2.24, 2.45) is 5.73 Å². The first-order valence-corrected chi connectivity index (χ1v) is 11.9. The van der Waals surface area contributed by atoms with Crippen molar-refractivity contribution in [1.29, 1.82) is 0 Å². The van der Waals surface area contributed by atoms with Crippen LogP contribution >= 0.6 is 0 Å². The summed E-state index contributed by atoms with van der Waals surface area (Å²) in [6.45, 7) is 5.13. The van der Waals surface area contributed by atoms with E-state index in [9.17, 15) is 26.3 Å². The lowest BCUT2D eigenvalue weighted by Gasteiger charge is -2.27. The van der Waals surface area contributed by atoms with Crippen molar-refractivity contribution in [3.63, 3.8) is 0 Å². The molecule has 0 fully saturated rings. The van der Waals surface area contributed by atoms with Crippen LogP contribution in [0.2, 0.25) is 0 Å². The highest BCUT2D eigenvalue weighted by Gasteiger charge is 2.38. The molecule has 0 amide bonds. The number of nitrogens with one attached hydrogen (secondary N) is 1. The third-order valence-electron chi connectivity index (χ3n) is 5.27. The number of carboxylic acids is 2. The van der Waals surface area contributed by atoms with Crippen molar-refractivity contribution < 1.29 is 46.1 Å². The van der Waals surface area contributed by atoms with Gasteiger partial charge < -0.3 is 21.3 Å². The summed E-state index contributed by atoms with van der Waals surface area (Å²) in [5, 5.41) is 22.2. The molecule has 224 valence electrons. The number of hydrogen-bond donors (Lipinski definition) is 4. The van der Waals surface area contributed by atoms with E-state index >= 15 is 0 Å². The van der Waals surface area contributed by atoms with Gasteiger partial charge in [0.1, 0.15) is 0 Å². The summed E-state index contributed by atoms with van der Waals surface area (Å²) in [6, 6.07) is 12.8. The van der Waals surface area contributed by atoms with E-state index in [0.717, 1.165) is 38.3 Å². The largest absolute Gasteiger partial charge is 0.490 e. The molecule has 0 spiro atoms. The molecule has 0 unspecified atom stereocenters. The number of anilines is 1. The predicted molar refractivity (Wildman–Crippen MR) is 132 cm³/mol. The average Bonchev–Trinajstić information content (AvgIpc) is 3.31. The van der Waals surface area contributed by atoms with Crippen LogP contribution < -0.4 is 11.1 Å². The zero-order valence-corrected chi connectivity index (χ0v) is 21.4. The maximum absolute atomic E-state index is 10.6. The topological polar surface area (TPSA) is 159 Å². The molecule has 0 saturated heterocycles. The van der Waals surface area contributed by atoms with Gasteiger partial charge in [-0.2, -0.15) is 31.4 Å². The molecular weight excluding hydrogens is 564 g/mol. The van der Waals surface area contributed by atoms with Crippen molar-refractivity contribution in [3.05, 3.63) is 71.3 Å². The second-order valence-electron chi connectivity index (χ2n) is 8.45. The van der Waals surface area contributed by atoms with Crippen LogP contribution in [0.25, 0.3) is 0 Å². The van der Waals surface area contributed by atoms with Gasteiger partial charge >= 0.3 is 24.3 Å². The number of aromatic nitrogens is 4. The Kier molecular flexibility index (Phi) is 12.0. The van der Waals surface area contributed by atoms with Crippen LogP contribution in [0.5, 0.6) is 0 Å². The van der Waals surface area contributed by atoms with E-state index in [1.54, 1.807) is 18.5 Å². The molecule has 5 N–H and O–H groups in total. The van der Waals surface area contributed by atoms with Crippen molar-refractivity contribution >= 4 is 17.9 Å². The van der Waals surface area contributed by atoms with Crippen molar-refractivity contribution in [3.8, 4) is 0 Å². The highest BCUT2D eigenvalue weighted by Crippen LogP contribution is 2.18. The van der Waals surface area contributed by atoms with E-state index in [1.807, 2.05) is 0 Å². The lowest BCUT2D eigenvalue weighted by atomic mass is 10.1. The summed E-state index contributed by atoms with van der Waals surface area (Å²) in [4.78, 5) is 28.6. The number of rotatable bonds is 7. The van der Waals surface area contributed by atoms with E-state index in [2.05, 4.69) is 55.2 Å². The van der Waals surface area contributed by atoms with E-state index in [-0.39, 0.29) is 0 Å². The Hall–Kier alpha value is -4.25. The van der Waals surface area contributed by atoms with Gasteiger partial charge in [-0.1, -0.05) is 24.3 Å². The Labute approximate surface area is 229 Å². The third kappa shape index (κ3) is 11.8. The van der Waals surface area contributed by atoms with Crippen molar-refractivity contribution in [1.82, 2.24) is 24.6 Å². The molecule has 41 heavy (non-hydrogen) atoms. The van der Waals surface area contributed by atoms with Crippen LogP contribution in [0.1, 0.15) is 22.5 Å². The minimum absolute atomic E-state index is 0.628. The van der Waals surface area contributed by atoms with E-state index in [4.69, 9.17) is 30.6 Å². The van der Waals surface area contributed by atoms with E-state index in [0.29, 0.717) is 19.0 Å². The van der Waals surface area contributed by atoms with Crippen molar-refractivity contribution in [2.75, 3.05) is 18.4 Å². The lowest BCUT2D eigenvalue weighted by molar-refractivity contribution is -0.193. The van der Waals surface area contributed by atoms with Crippen LogP contribution in [0.3, 0.4) is 0 Å². The second-order valence-corrected chi connectivity index (χ2v) is 8.45.